The molecule has 3 aromatic rings. The average Bonchev–Trinajstić information content (AvgIpc) is 3.44. The van der Waals surface area contributed by atoms with Crippen LogP contribution >= 0.6 is 0 Å². The number of carbonyl (C=O) groups excluding carboxylic acids is 2. The van der Waals surface area contributed by atoms with E-state index in [0.717, 1.165) is 34.7 Å². The van der Waals surface area contributed by atoms with Gasteiger partial charge in [-0.2, -0.15) is 5.26 Å². The smallest absolute Gasteiger partial charge is 0.268 e. The van der Waals surface area contributed by atoms with Crippen molar-refractivity contribution >= 4 is 28.4 Å². The Labute approximate surface area is 194 Å². The van der Waals surface area contributed by atoms with Crippen molar-refractivity contribution in [3.63, 3.8) is 0 Å². The fourth-order valence-corrected chi connectivity index (χ4v) is 4.56. The second-order valence-corrected chi connectivity index (χ2v) is 8.55. The maximum absolute atomic E-state index is 13.6. The predicted molar refractivity (Wildman–Crippen MR) is 122 cm³/mol. The molecule has 2 aliphatic rings. The van der Waals surface area contributed by atoms with Gasteiger partial charge in [-0.05, 0) is 53.4 Å². The van der Waals surface area contributed by atoms with E-state index in [4.69, 9.17) is 5.26 Å². The molecule has 9 heteroatoms. The van der Waals surface area contributed by atoms with Gasteiger partial charge in [-0.1, -0.05) is 12.1 Å². The van der Waals surface area contributed by atoms with Gasteiger partial charge in [-0.3, -0.25) is 14.6 Å². The van der Waals surface area contributed by atoms with Crippen LogP contribution in [0.5, 0.6) is 0 Å². The monoisotopic (exact) mass is 461 g/mol. The summed E-state index contributed by atoms with van der Waals surface area (Å²) in [6.45, 7) is -0.389. The van der Waals surface area contributed by atoms with Crippen molar-refractivity contribution in [2.45, 2.75) is 24.8 Å². The molecule has 2 aliphatic heterocycles. The number of nitrogens with zero attached hydrogens (tertiary/aromatic N) is 3. The number of anilines is 1. The molecular formula is C25H21F2N5O2. The lowest BCUT2D eigenvalue weighted by atomic mass is 9.98. The maximum Gasteiger partial charge on any atom is 0.268 e. The Kier molecular flexibility index (Phi) is 5.36. The zero-order valence-corrected chi connectivity index (χ0v) is 18.1. The van der Waals surface area contributed by atoms with Gasteiger partial charge < -0.3 is 15.5 Å². The number of carbonyl (C=O) groups is 2. The first-order chi connectivity index (χ1) is 16.3. The molecule has 34 heavy (non-hydrogen) atoms. The van der Waals surface area contributed by atoms with E-state index in [0.29, 0.717) is 16.5 Å². The molecule has 2 N–H and O–H groups in total. The zero-order chi connectivity index (χ0) is 23.9. The second-order valence-electron chi connectivity index (χ2n) is 8.55. The molecule has 0 spiro atoms. The van der Waals surface area contributed by atoms with E-state index in [1.165, 1.54) is 11.8 Å². The predicted octanol–water partition coefficient (Wildman–Crippen LogP) is 3.36. The number of nitrogens with one attached hydrogen (secondary N) is 2. The number of aromatic nitrogens is 1. The summed E-state index contributed by atoms with van der Waals surface area (Å²) in [4.78, 5) is 30.5. The summed E-state index contributed by atoms with van der Waals surface area (Å²) >= 11 is 0. The van der Waals surface area contributed by atoms with Crippen molar-refractivity contribution in [2.75, 3.05) is 25.0 Å². The summed E-state index contributed by atoms with van der Waals surface area (Å²) in [6, 6.07) is 13.9. The number of amides is 2. The van der Waals surface area contributed by atoms with Crippen LogP contribution < -0.4 is 10.6 Å². The first-order valence-electron chi connectivity index (χ1n) is 11.0. The van der Waals surface area contributed by atoms with Crippen LogP contribution in [0.1, 0.15) is 22.3 Å². The molecule has 1 saturated heterocycles. The summed E-state index contributed by atoms with van der Waals surface area (Å²) in [6.07, 6.45) is 1.77. The van der Waals surface area contributed by atoms with Crippen LogP contribution in [-0.4, -0.2) is 53.3 Å². The molecule has 0 radical (unpaired) electrons. The minimum atomic E-state index is -3.11. The van der Waals surface area contributed by atoms with Gasteiger partial charge in [0.25, 0.3) is 11.8 Å². The first kappa shape index (κ1) is 21.8. The van der Waals surface area contributed by atoms with Gasteiger partial charge in [-0.15, -0.1) is 0 Å². The van der Waals surface area contributed by atoms with Crippen LogP contribution in [0.2, 0.25) is 0 Å². The number of halogens is 2. The third-order valence-electron chi connectivity index (χ3n) is 6.27. The lowest BCUT2D eigenvalue weighted by Gasteiger charge is -2.19. The van der Waals surface area contributed by atoms with E-state index >= 15 is 0 Å². The summed E-state index contributed by atoms with van der Waals surface area (Å²) in [5, 5.41) is 15.6. The molecule has 0 saturated carbocycles. The highest BCUT2D eigenvalue weighted by atomic mass is 19.3. The van der Waals surface area contributed by atoms with Gasteiger partial charge in [0.15, 0.2) is 0 Å². The van der Waals surface area contributed by atoms with Crippen molar-refractivity contribution in [1.82, 2.24) is 15.2 Å². The number of rotatable bonds is 4. The van der Waals surface area contributed by atoms with Gasteiger partial charge in [0.05, 0.1) is 30.2 Å². The molecule has 0 bridgehead atoms. The van der Waals surface area contributed by atoms with Gasteiger partial charge in [0.1, 0.15) is 6.04 Å². The topological polar surface area (TPSA) is 98.1 Å². The van der Waals surface area contributed by atoms with E-state index in [2.05, 4.69) is 21.7 Å². The Balaban J connectivity index is 1.37. The molecule has 5 rings (SSSR count). The van der Waals surface area contributed by atoms with E-state index < -0.39 is 43.3 Å². The number of likely N-dealkylation sites (tertiary alicyclic amines) is 1. The number of hydrogen-bond acceptors (Lipinski definition) is 5. The minimum Gasteiger partial charge on any atom is -0.384 e. The summed E-state index contributed by atoms with van der Waals surface area (Å²) in [5.41, 5.74) is 5.26. The van der Waals surface area contributed by atoms with Crippen LogP contribution in [0.15, 0.2) is 48.7 Å². The lowest BCUT2D eigenvalue weighted by Crippen LogP contribution is -2.43. The standard InChI is InChI=1S/C25H21F2N5O2/c26-25(27)11-18(12-28)32(14-25)23(33)13-31-24(34)19-6-8-30-22-4-2-16(10-20(19)22)15-1-3-21-17(9-15)5-7-29-21/h1-4,6,8-10,18,29H,5,7,11,13-14H2,(H,31,34)/t18-/m0/s1. The molecule has 7 nitrogen and oxygen atoms in total. The van der Waals surface area contributed by atoms with Crippen LogP contribution in [0.4, 0.5) is 14.5 Å². The van der Waals surface area contributed by atoms with Crippen molar-refractivity contribution in [3.8, 4) is 17.2 Å². The largest absolute Gasteiger partial charge is 0.384 e. The molecule has 0 unspecified atom stereocenters. The van der Waals surface area contributed by atoms with Gasteiger partial charge >= 0.3 is 0 Å². The van der Waals surface area contributed by atoms with Crippen LogP contribution in [0.3, 0.4) is 0 Å². The van der Waals surface area contributed by atoms with E-state index in [9.17, 15) is 18.4 Å². The molecule has 3 heterocycles. The molecule has 2 aromatic carbocycles. The number of nitriles is 1. The minimum absolute atomic E-state index is 0.325. The van der Waals surface area contributed by atoms with E-state index in [1.54, 1.807) is 12.1 Å². The second kappa shape index (κ2) is 8.37. The Hall–Kier alpha value is -4.06. The normalized spacial score (nSPS) is 18.3. The Morgan fingerprint density at radius 1 is 1.21 bits per heavy atom. The van der Waals surface area contributed by atoms with Crippen molar-refractivity contribution < 1.29 is 18.4 Å². The van der Waals surface area contributed by atoms with Crippen LogP contribution in [-0.2, 0) is 11.2 Å². The molecule has 1 fully saturated rings. The quantitative estimate of drug-likeness (QED) is 0.621. The van der Waals surface area contributed by atoms with Crippen LogP contribution in [0, 0.1) is 11.3 Å². The SMILES string of the molecule is N#C[C@@H]1CC(F)(F)CN1C(=O)CNC(=O)c1ccnc2ccc(-c3ccc4c(c3)CCN4)cc12. The number of fused-ring (bicyclic) bond motifs is 2. The van der Waals surface area contributed by atoms with Crippen molar-refractivity contribution in [1.29, 1.82) is 5.26 Å². The number of pyridine rings is 1. The van der Waals surface area contributed by atoms with E-state index in [1.807, 2.05) is 30.3 Å². The number of benzene rings is 2. The van der Waals surface area contributed by atoms with Crippen LogP contribution in [0.25, 0.3) is 22.0 Å². The highest BCUT2D eigenvalue weighted by molar-refractivity contribution is 6.07. The number of alkyl halides is 2. The Bertz CT molecular complexity index is 1350. The summed E-state index contributed by atoms with van der Waals surface area (Å²) in [7, 11) is 0. The average molecular weight is 461 g/mol. The fourth-order valence-electron chi connectivity index (χ4n) is 4.56. The summed E-state index contributed by atoms with van der Waals surface area (Å²) < 4.78 is 27.3. The first-order valence-corrected chi connectivity index (χ1v) is 11.0. The molecule has 0 aliphatic carbocycles. The van der Waals surface area contributed by atoms with Gasteiger partial charge in [0.2, 0.25) is 5.91 Å². The third-order valence-corrected chi connectivity index (χ3v) is 6.27. The molecule has 1 atom stereocenters. The van der Waals surface area contributed by atoms with Gasteiger partial charge in [-0.25, -0.2) is 8.78 Å². The molecule has 2 amide bonds. The van der Waals surface area contributed by atoms with Crippen molar-refractivity contribution in [3.05, 3.63) is 59.8 Å². The molecule has 1 aromatic heterocycles. The summed E-state index contributed by atoms with van der Waals surface area (Å²) in [5.74, 6) is -4.34. The van der Waals surface area contributed by atoms with Gasteiger partial charge in [0, 0.05) is 30.2 Å². The lowest BCUT2D eigenvalue weighted by molar-refractivity contribution is -0.131. The molecule has 172 valence electrons. The fraction of sp³-hybridized carbons (Fsp3) is 0.280. The Morgan fingerprint density at radius 3 is 2.82 bits per heavy atom. The zero-order valence-electron chi connectivity index (χ0n) is 18.1. The third kappa shape index (κ3) is 4.03. The maximum atomic E-state index is 13.6. The highest BCUT2D eigenvalue weighted by Gasteiger charge is 2.47. The Morgan fingerprint density at radius 2 is 2.00 bits per heavy atom. The molecular weight excluding hydrogens is 440 g/mol. The number of hydrogen-bond donors (Lipinski definition) is 2. The van der Waals surface area contributed by atoms with Crippen molar-refractivity contribution in [2.24, 2.45) is 0 Å². The van der Waals surface area contributed by atoms with E-state index in [-0.39, 0.29) is 0 Å². The highest BCUT2D eigenvalue weighted by Crippen LogP contribution is 2.32.